The molecule has 1 unspecified atom stereocenters. The third-order valence-electron chi connectivity index (χ3n) is 2.04. The van der Waals surface area contributed by atoms with Gasteiger partial charge < -0.3 is 5.32 Å². The third-order valence-corrected chi connectivity index (χ3v) is 3.96. The Balaban J connectivity index is 4.26. The number of hydrogen-bond acceptors (Lipinski definition) is 3. The minimum absolute atomic E-state index is 0.294. The average molecular weight is 250 g/mol. The van der Waals surface area contributed by atoms with Gasteiger partial charge in [-0.3, -0.25) is 4.79 Å². The zero-order chi connectivity index (χ0) is 12.9. The zero-order valence-corrected chi connectivity index (χ0v) is 11.4. The smallest absolute Gasteiger partial charge is 0.237 e. The summed E-state index contributed by atoms with van der Waals surface area (Å²) >= 11 is 0. The Bertz CT molecular complexity index is 323. The molecule has 0 fully saturated rings. The second kappa shape index (κ2) is 6.20. The van der Waals surface area contributed by atoms with Crippen molar-refractivity contribution >= 4 is 15.9 Å². The number of nitrogens with one attached hydrogen (secondary N) is 2. The van der Waals surface area contributed by atoms with Gasteiger partial charge in [0.15, 0.2) is 0 Å². The van der Waals surface area contributed by atoms with Crippen molar-refractivity contribution in [2.45, 2.75) is 45.9 Å². The summed E-state index contributed by atoms with van der Waals surface area (Å²) in [6.45, 7) is 9.18. The SMILES string of the molecule is CC(C)CNC(=O)C(C)NS(=O)(=O)C(C)C. The van der Waals surface area contributed by atoms with Gasteiger partial charge in [-0.2, -0.15) is 0 Å². The van der Waals surface area contributed by atoms with E-state index >= 15 is 0 Å². The Morgan fingerprint density at radius 3 is 2.00 bits per heavy atom. The molecule has 0 bridgehead atoms. The molecular formula is C10H22N2O3S. The molecule has 0 aliphatic rings. The van der Waals surface area contributed by atoms with Crippen molar-refractivity contribution in [2.24, 2.45) is 5.92 Å². The lowest BCUT2D eigenvalue weighted by molar-refractivity contribution is -0.122. The molecule has 0 aliphatic carbocycles. The van der Waals surface area contributed by atoms with Gasteiger partial charge in [-0.05, 0) is 26.7 Å². The highest BCUT2D eigenvalue weighted by atomic mass is 32.2. The number of rotatable bonds is 6. The van der Waals surface area contributed by atoms with Crippen molar-refractivity contribution in [1.29, 1.82) is 0 Å². The molecule has 6 heteroatoms. The topological polar surface area (TPSA) is 75.3 Å². The Morgan fingerprint density at radius 1 is 1.12 bits per heavy atom. The minimum Gasteiger partial charge on any atom is -0.354 e. The fourth-order valence-corrected chi connectivity index (χ4v) is 1.77. The third kappa shape index (κ3) is 5.46. The van der Waals surface area contributed by atoms with Crippen LogP contribution >= 0.6 is 0 Å². The van der Waals surface area contributed by atoms with E-state index in [9.17, 15) is 13.2 Å². The molecule has 96 valence electrons. The van der Waals surface area contributed by atoms with Crippen LogP contribution in [0.2, 0.25) is 0 Å². The number of carbonyl (C=O) groups is 1. The van der Waals surface area contributed by atoms with Crippen molar-refractivity contribution < 1.29 is 13.2 Å². The van der Waals surface area contributed by atoms with E-state index in [1.807, 2.05) is 13.8 Å². The van der Waals surface area contributed by atoms with E-state index in [0.29, 0.717) is 12.5 Å². The van der Waals surface area contributed by atoms with Crippen LogP contribution in [0.3, 0.4) is 0 Å². The molecule has 0 heterocycles. The quantitative estimate of drug-likeness (QED) is 0.720. The summed E-state index contributed by atoms with van der Waals surface area (Å²) in [5.74, 6) is 0.0516. The summed E-state index contributed by atoms with van der Waals surface area (Å²) in [7, 11) is -3.39. The Kier molecular flexibility index (Phi) is 5.96. The van der Waals surface area contributed by atoms with Crippen LogP contribution in [0.4, 0.5) is 0 Å². The summed E-state index contributed by atoms with van der Waals surface area (Å²) in [6.07, 6.45) is 0. The fraction of sp³-hybridized carbons (Fsp3) is 0.900. The highest BCUT2D eigenvalue weighted by molar-refractivity contribution is 7.90. The molecule has 0 aromatic rings. The highest BCUT2D eigenvalue weighted by Crippen LogP contribution is 1.98. The normalized spacial score (nSPS) is 14.2. The van der Waals surface area contributed by atoms with E-state index in [2.05, 4.69) is 10.0 Å². The van der Waals surface area contributed by atoms with Crippen molar-refractivity contribution in [3.8, 4) is 0 Å². The van der Waals surface area contributed by atoms with Gasteiger partial charge in [0.1, 0.15) is 0 Å². The first kappa shape index (κ1) is 15.4. The van der Waals surface area contributed by atoms with E-state index in [1.54, 1.807) is 13.8 Å². The van der Waals surface area contributed by atoms with Crippen LogP contribution in [0.25, 0.3) is 0 Å². The minimum atomic E-state index is -3.39. The predicted molar refractivity (Wildman–Crippen MR) is 64.5 cm³/mol. The molecule has 0 aromatic heterocycles. The molecule has 0 radical (unpaired) electrons. The van der Waals surface area contributed by atoms with Crippen LogP contribution in [0.15, 0.2) is 0 Å². The van der Waals surface area contributed by atoms with Gasteiger partial charge in [-0.1, -0.05) is 13.8 Å². The summed E-state index contributed by atoms with van der Waals surface area (Å²) in [5, 5.41) is 2.14. The molecule has 0 saturated heterocycles. The Labute approximate surface area is 98.0 Å². The molecule has 0 spiro atoms. The van der Waals surface area contributed by atoms with E-state index in [0.717, 1.165) is 0 Å². The molecule has 5 nitrogen and oxygen atoms in total. The van der Waals surface area contributed by atoms with Gasteiger partial charge in [0.2, 0.25) is 15.9 Å². The average Bonchev–Trinajstić information content (AvgIpc) is 2.12. The number of carbonyl (C=O) groups excluding carboxylic acids is 1. The van der Waals surface area contributed by atoms with Crippen molar-refractivity contribution in [3.05, 3.63) is 0 Å². The molecule has 1 amide bonds. The van der Waals surface area contributed by atoms with Gasteiger partial charge in [0, 0.05) is 6.54 Å². The lowest BCUT2D eigenvalue weighted by atomic mass is 10.2. The summed E-state index contributed by atoms with van der Waals surface area (Å²) < 4.78 is 25.3. The van der Waals surface area contributed by atoms with Crippen molar-refractivity contribution in [2.75, 3.05) is 6.54 Å². The second-order valence-corrected chi connectivity index (χ2v) is 6.84. The van der Waals surface area contributed by atoms with Gasteiger partial charge in [0.05, 0.1) is 11.3 Å². The molecule has 2 N–H and O–H groups in total. The molecule has 16 heavy (non-hydrogen) atoms. The van der Waals surface area contributed by atoms with Crippen LogP contribution in [-0.2, 0) is 14.8 Å². The molecule has 0 aliphatic heterocycles. The van der Waals surface area contributed by atoms with E-state index in [4.69, 9.17) is 0 Å². The van der Waals surface area contributed by atoms with Crippen LogP contribution < -0.4 is 10.0 Å². The first-order valence-electron chi connectivity index (χ1n) is 5.45. The summed E-state index contributed by atoms with van der Waals surface area (Å²) in [6, 6.07) is -0.730. The molecule has 0 saturated carbocycles. The lowest BCUT2D eigenvalue weighted by Gasteiger charge is -2.16. The first-order valence-corrected chi connectivity index (χ1v) is 7.00. The maximum atomic E-state index is 11.5. The highest BCUT2D eigenvalue weighted by Gasteiger charge is 2.22. The maximum absolute atomic E-state index is 11.5. The number of sulfonamides is 1. The van der Waals surface area contributed by atoms with Gasteiger partial charge >= 0.3 is 0 Å². The fourth-order valence-electron chi connectivity index (χ4n) is 0.894. The number of hydrogen-bond donors (Lipinski definition) is 2. The van der Waals surface area contributed by atoms with Crippen molar-refractivity contribution in [1.82, 2.24) is 10.0 Å². The largest absolute Gasteiger partial charge is 0.354 e. The lowest BCUT2D eigenvalue weighted by Crippen LogP contribution is -2.47. The summed E-state index contributed by atoms with van der Waals surface area (Å²) in [5.41, 5.74) is 0. The molecular weight excluding hydrogens is 228 g/mol. The Hall–Kier alpha value is -0.620. The van der Waals surface area contributed by atoms with E-state index < -0.39 is 21.3 Å². The molecule has 1 atom stereocenters. The zero-order valence-electron chi connectivity index (χ0n) is 10.6. The van der Waals surface area contributed by atoms with E-state index in [1.165, 1.54) is 6.92 Å². The maximum Gasteiger partial charge on any atom is 0.237 e. The van der Waals surface area contributed by atoms with Crippen LogP contribution in [0.1, 0.15) is 34.6 Å². The van der Waals surface area contributed by atoms with Crippen LogP contribution in [-0.4, -0.2) is 32.2 Å². The van der Waals surface area contributed by atoms with E-state index in [-0.39, 0.29) is 5.91 Å². The molecule has 0 rings (SSSR count). The summed E-state index contributed by atoms with van der Waals surface area (Å²) in [4.78, 5) is 11.5. The standard InChI is InChI=1S/C10H22N2O3S/c1-7(2)6-11-10(13)9(5)12-16(14,15)8(3)4/h7-9,12H,6H2,1-5H3,(H,11,13). The second-order valence-electron chi connectivity index (χ2n) is 4.57. The predicted octanol–water partition coefficient (Wildman–Crippen LogP) is 0.475. The molecule has 0 aromatic carbocycles. The number of amides is 1. The van der Waals surface area contributed by atoms with Gasteiger partial charge in [0.25, 0.3) is 0 Å². The Morgan fingerprint density at radius 2 is 1.62 bits per heavy atom. The first-order chi connectivity index (χ1) is 7.16. The monoisotopic (exact) mass is 250 g/mol. The van der Waals surface area contributed by atoms with Gasteiger partial charge in [-0.15, -0.1) is 0 Å². The van der Waals surface area contributed by atoms with Crippen LogP contribution in [0, 0.1) is 5.92 Å². The van der Waals surface area contributed by atoms with Crippen molar-refractivity contribution in [3.63, 3.8) is 0 Å². The van der Waals surface area contributed by atoms with Crippen LogP contribution in [0.5, 0.6) is 0 Å². The van der Waals surface area contributed by atoms with Gasteiger partial charge in [-0.25, -0.2) is 13.1 Å².